The SMILES string of the molecule is COc1cccc(OCCOc2c(Cl)cc(/C=C3/C(=N)N4N=C(CC(C)C)SC4=NC3=O)cc2OC)c1. The van der Waals surface area contributed by atoms with E-state index in [4.69, 9.17) is 36.0 Å². The van der Waals surface area contributed by atoms with Crippen LogP contribution in [0.4, 0.5) is 0 Å². The summed E-state index contributed by atoms with van der Waals surface area (Å²) in [6, 6.07) is 10.6. The van der Waals surface area contributed by atoms with Gasteiger partial charge in [0.1, 0.15) is 29.8 Å². The third kappa shape index (κ3) is 6.26. The number of amides is 1. The Kier molecular flexibility index (Phi) is 8.40. The van der Waals surface area contributed by atoms with Gasteiger partial charge in [0, 0.05) is 12.5 Å². The van der Waals surface area contributed by atoms with E-state index < -0.39 is 5.91 Å². The van der Waals surface area contributed by atoms with Gasteiger partial charge in [0.05, 0.1) is 24.8 Å². The standard InChI is InChI=1S/C26H27ClN4O5S/c1-15(2)10-22-30-31-24(28)19(25(32)29-26(31)37-22)11-16-12-20(27)23(21(13-16)34-4)36-9-8-35-18-7-5-6-17(14-18)33-3/h5-7,11-15,28H,8-10H2,1-4H3/b19-11-,28-24?. The molecule has 0 unspecified atom stereocenters. The van der Waals surface area contributed by atoms with E-state index in [1.165, 1.54) is 23.9 Å². The number of rotatable bonds is 10. The van der Waals surface area contributed by atoms with Crippen molar-refractivity contribution in [3.05, 3.63) is 52.6 Å². The van der Waals surface area contributed by atoms with Crippen LogP contribution >= 0.6 is 23.4 Å². The van der Waals surface area contributed by atoms with Gasteiger partial charge >= 0.3 is 0 Å². The first-order valence-corrected chi connectivity index (χ1v) is 12.7. The van der Waals surface area contributed by atoms with Gasteiger partial charge in [-0.1, -0.05) is 31.5 Å². The Hall–Kier alpha value is -3.50. The van der Waals surface area contributed by atoms with Crippen molar-refractivity contribution in [1.82, 2.24) is 5.01 Å². The molecule has 2 aliphatic heterocycles. The number of hydrazone groups is 1. The minimum atomic E-state index is -0.505. The third-order valence-corrected chi connectivity index (χ3v) is 6.49. The number of nitrogens with zero attached hydrogens (tertiary/aromatic N) is 3. The van der Waals surface area contributed by atoms with Crippen molar-refractivity contribution < 1.29 is 23.7 Å². The fourth-order valence-electron chi connectivity index (χ4n) is 3.59. The lowest BCUT2D eigenvalue weighted by Gasteiger charge is -2.20. The van der Waals surface area contributed by atoms with Gasteiger partial charge in [-0.3, -0.25) is 10.2 Å². The van der Waals surface area contributed by atoms with E-state index in [0.29, 0.717) is 44.7 Å². The molecular weight excluding hydrogens is 516 g/mol. The first kappa shape index (κ1) is 26.6. The number of carbonyl (C=O) groups is 1. The van der Waals surface area contributed by atoms with Crippen LogP contribution in [-0.4, -0.2) is 54.4 Å². The highest BCUT2D eigenvalue weighted by atomic mass is 35.5. The minimum Gasteiger partial charge on any atom is -0.497 e. The van der Waals surface area contributed by atoms with Crippen LogP contribution in [0.3, 0.4) is 0 Å². The van der Waals surface area contributed by atoms with Crippen LogP contribution in [0.15, 0.2) is 52.1 Å². The molecule has 0 saturated carbocycles. The summed E-state index contributed by atoms with van der Waals surface area (Å²) in [5.74, 6) is 1.95. The summed E-state index contributed by atoms with van der Waals surface area (Å²) in [6.45, 7) is 4.67. The fraction of sp³-hybridized carbons (Fsp3) is 0.308. The van der Waals surface area contributed by atoms with E-state index >= 15 is 0 Å². The number of carbonyl (C=O) groups excluding carboxylic acids is 1. The van der Waals surface area contributed by atoms with Gasteiger partial charge in [-0.25, -0.2) is 0 Å². The number of aliphatic imine (C=N–C) groups is 1. The maximum Gasteiger partial charge on any atom is 0.283 e. The summed E-state index contributed by atoms with van der Waals surface area (Å²) in [4.78, 5) is 16.9. The van der Waals surface area contributed by atoms with Gasteiger partial charge in [-0.15, -0.1) is 0 Å². The number of methoxy groups -OCH3 is 2. The molecule has 1 N–H and O–H groups in total. The lowest BCUT2D eigenvalue weighted by Crippen LogP contribution is -2.35. The molecule has 0 radical (unpaired) electrons. The van der Waals surface area contributed by atoms with Crippen molar-refractivity contribution >= 4 is 51.4 Å². The van der Waals surface area contributed by atoms with Crippen molar-refractivity contribution in [2.45, 2.75) is 20.3 Å². The Balaban J connectivity index is 1.47. The molecule has 0 fully saturated rings. The van der Waals surface area contributed by atoms with E-state index in [1.54, 1.807) is 31.4 Å². The molecule has 4 rings (SSSR count). The predicted octanol–water partition coefficient (Wildman–Crippen LogP) is 5.48. The molecule has 11 heteroatoms. The summed E-state index contributed by atoms with van der Waals surface area (Å²) in [6.07, 6.45) is 2.30. The maximum absolute atomic E-state index is 12.7. The van der Waals surface area contributed by atoms with Crippen LogP contribution in [0.1, 0.15) is 25.8 Å². The highest BCUT2D eigenvalue weighted by Crippen LogP contribution is 2.38. The number of thioether (sulfide) groups is 1. The molecule has 2 heterocycles. The fourth-order valence-corrected chi connectivity index (χ4v) is 4.96. The summed E-state index contributed by atoms with van der Waals surface area (Å²) in [7, 11) is 3.09. The molecule has 1 amide bonds. The number of halogens is 1. The minimum absolute atomic E-state index is 0.0358. The molecule has 2 aliphatic rings. The van der Waals surface area contributed by atoms with Gasteiger partial charge in [-0.2, -0.15) is 15.1 Å². The largest absolute Gasteiger partial charge is 0.497 e. The zero-order valence-corrected chi connectivity index (χ0v) is 22.5. The number of hydrogen-bond donors (Lipinski definition) is 1. The van der Waals surface area contributed by atoms with E-state index in [9.17, 15) is 4.79 Å². The Labute approximate surface area is 224 Å². The number of amidine groups is 2. The molecule has 194 valence electrons. The normalized spacial score (nSPS) is 16.1. The highest BCUT2D eigenvalue weighted by molar-refractivity contribution is 8.26. The first-order valence-electron chi connectivity index (χ1n) is 11.5. The van der Waals surface area contributed by atoms with Crippen LogP contribution in [0.25, 0.3) is 6.08 Å². The smallest absolute Gasteiger partial charge is 0.283 e. The topological polar surface area (TPSA) is 106 Å². The average Bonchev–Trinajstić information content (AvgIpc) is 3.26. The Bertz CT molecular complexity index is 1310. The molecule has 0 atom stereocenters. The second-order valence-electron chi connectivity index (χ2n) is 8.52. The second kappa shape index (κ2) is 11.7. The van der Waals surface area contributed by atoms with Crippen molar-refractivity contribution in [3.63, 3.8) is 0 Å². The number of benzene rings is 2. The summed E-state index contributed by atoms with van der Waals surface area (Å²) in [5.41, 5.74) is 0.671. The number of fused-ring (bicyclic) bond motifs is 1. The summed E-state index contributed by atoms with van der Waals surface area (Å²) < 4.78 is 22.2. The van der Waals surface area contributed by atoms with Crippen LogP contribution < -0.4 is 18.9 Å². The zero-order valence-electron chi connectivity index (χ0n) is 20.9. The maximum atomic E-state index is 12.7. The molecule has 0 spiro atoms. The number of nitrogens with one attached hydrogen (secondary N) is 1. The van der Waals surface area contributed by atoms with Crippen molar-refractivity contribution in [1.29, 1.82) is 5.41 Å². The predicted molar refractivity (Wildman–Crippen MR) is 146 cm³/mol. The lowest BCUT2D eigenvalue weighted by atomic mass is 10.1. The molecule has 9 nitrogen and oxygen atoms in total. The Morgan fingerprint density at radius 1 is 1.11 bits per heavy atom. The third-order valence-electron chi connectivity index (χ3n) is 5.28. The van der Waals surface area contributed by atoms with Crippen LogP contribution in [0, 0.1) is 11.3 Å². The first-order chi connectivity index (χ1) is 17.8. The van der Waals surface area contributed by atoms with Crippen LogP contribution in [0.2, 0.25) is 5.02 Å². The molecule has 0 bridgehead atoms. The van der Waals surface area contributed by atoms with E-state index in [2.05, 4.69) is 23.9 Å². The second-order valence-corrected chi connectivity index (χ2v) is 9.97. The molecule has 0 saturated heterocycles. The van der Waals surface area contributed by atoms with E-state index in [0.717, 1.165) is 11.5 Å². The molecule has 2 aromatic rings. The number of hydrogen-bond acceptors (Lipinski definition) is 8. The molecular formula is C26H27ClN4O5S. The van der Waals surface area contributed by atoms with Crippen molar-refractivity contribution in [3.8, 4) is 23.0 Å². The van der Waals surface area contributed by atoms with Gasteiger partial charge in [0.15, 0.2) is 17.3 Å². The van der Waals surface area contributed by atoms with Crippen molar-refractivity contribution in [2.24, 2.45) is 16.0 Å². The van der Waals surface area contributed by atoms with Gasteiger partial charge in [-0.05, 0) is 53.6 Å². The van der Waals surface area contributed by atoms with Crippen LogP contribution in [0.5, 0.6) is 23.0 Å². The van der Waals surface area contributed by atoms with E-state index in [1.807, 2.05) is 18.2 Å². The number of ether oxygens (including phenoxy) is 4. The molecule has 0 aromatic heterocycles. The quantitative estimate of drug-likeness (QED) is 0.313. The van der Waals surface area contributed by atoms with Crippen molar-refractivity contribution in [2.75, 3.05) is 27.4 Å². The Morgan fingerprint density at radius 3 is 2.59 bits per heavy atom. The summed E-state index contributed by atoms with van der Waals surface area (Å²) >= 11 is 7.82. The molecule has 37 heavy (non-hydrogen) atoms. The van der Waals surface area contributed by atoms with Gasteiger partial charge < -0.3 is 18.9 Å². The van der Waals surface area contributed by atoms with E-state index in [-0.39, 0.29) is 24.6 Å². The lowest BCUT2D eigenvalue weighted by molar-refractivity contribution is -0.114. The van der Waals surface area contributed by atoms with Crippen LogP contribution in [-0.2, 0) is 4.79 Å². The van der Waals surface area contributed by atoms with Gasteiger partial charge in [0.25, 0.3) is 5.91 Å². The molecule has 2 aromatic carbocycles. The monoisotopic (exact) mass is 542 g/mol. The molecule has 0 aliphatic carbocycles. The average molecular weight is 543 g/mol. The zero-order chi connectivity index (χ0) is 26.5. The highest BCUT2D eigenvalue weighted by Gasteiger charge is 2.35. The summed E-state index contributed by atoms with van der Waals surface area (Å²) in [5, 5.41) is 15.9. The van der Waals surface area contributed by atoms with Gasteiger partial charge in [0.2, 0.25) is 5.17 Å². The Morgan fingerprint density at radius 2 is 1.86 bits per heavy atom.